The van der Waals surface area contributed by atoms with Crippen molar-refractivity contribution >= 4 is 5.97 Å². The molecule has 1 unspecified atom stereocenters. The lowest BCUT2D eigenvalue weighted by molar-refractivity contribution is -0.191. The van der Waals surface area contributed by atoms with Crippen LogP contribution in [0.25, 0.3) is 0 Å². The van der Waals surface area contributed by atoms with E-state index in [0.717, 1.165) is 12.8 Å². The highest BCUT2D eigenvalue weighted by Gasteiger charge is 2.45. The summed E-state index contributed by atoms with van der Waals surface area (Å²) in [5.41, 5.74) is 0. The number of unbranched alkanes of at least 4 members (excludes halogenated alkanes) is 10. The minimum absolute atomic E-state index is 0.0726. The van der Waals surface area contributed by atoms with E-state index in [9.17, 15) is 4.79 Å². The Balaban J connectivity index is 1.98. The summed E-state index contributed by atoms with van der Waals surface area (Å²) < 4.78 is 5.43. The monoisotopic (exact) mass is 338 g/mol. The van der Waals surface area contributed by atoms with Crippen molar-refractivity contribution in [2.24, 2.45) is 11.8 Å². The fourth-order valence-electron chi connectivity index (χ4n) is 4.13. The maximum Gasteiger partial charge on any atom is 0.313 e. The number of hydrogen-bond donors (Lipinski definition) is 0. The Morgan fingerprint density at radius 1 is 0.792 bits per heavy atom. The van der Waals surface area contributed by atoms with Crippen molar-refractivity contribution < 1.29 is 9.53 Å². The van der Waals surface area contributed by atoms with E-state index in [2.05, 4.69) is 20.8 Å². The van der Waals surface area contributed by atoms with E-state index in [-0.39, 0.29) is 18.0 Å². The molecule has 0 N–H and O–H groups in total. The van der Waals surface area contributed by atoms with Crippen LogP contribution in [0.15, 0.2) is 0 Å². The Labute approximate surface area is 151 Å². The van der Waals surface area contributed by atoms with Gasteiger partial charge in [0.05, 0.1) is 5.92 Å². The number of esters is 1. The molecule has 0 saturated carbocycles. The number of ether oxygens (including phenoxy) is 1. The van der Waals surface area contributed by atoms with Gasteiger partial charge in [-0.25, -0.2) is 0 Å². The molecule has 0 aliphatic carbocycles. The zero-order chi connectivity index (χ0) is 17.6. The normalized spacial score (nSPS) is 21.4. The van der Waals surface area contributed by atoms with E-state index in [4.69, 9.17) is 4.74 Å². The summed E-state index contributed by atoms with van der Waals surface area (Å²) >= 11 is 0. The second-order valence-electron chi connectivity index (χ2n) is 7.78. The number of cyclic esters (lactones) is 1. The van der Waals surface area contributed by atoms with E-state index in [0.29, 0.717) is 5.92 Å². The van der Waals surface area contributed by atoms with E-state index >= 15 is 0 Å². The minimum Gasteiger partial charge on any atom is -0.461 e. The van der Waals surface area contributed by atoms with Gasteiger partial charge in [0.1, 0.15) is 6.10 Å². The maximum absolute atomic E-state index is 11.8. The Hall–Kier alpha value is -0.530. The Kier molecular flexibility index (Phi) is 12.3. The molecule has 0 spiro atoms. The molecule has 0 aromatic heterocycles. The van der Waals surface area contributed by atoms with Crippen molar-refractivity contribution in [3.05, 3.63) is 0 Å². The molecule has 0 aromatic rings. The van der Waals surface area contributed by atoms with Crippen molar-refractivity contribution in [1.82, 2.24) is 0 Å². The highest BCUT2D eigenvalue weighted by atomic mass is 16.6. The smallest absolute Gasteiger partial charge is 0.313 e. The van der Waals surface area contributed by atoms with Gasteiger partial charge in [0.2, 0.25) is 0 Å². The van der Waals surface area contributed by atoms with Crippen LogP contribution >= 0.6 is 0 Å². The summed E-state index contributed by atoms with van der Waals surface area (Å²) in [6.07, 6.45) is 19.9. The van der Waals surface area contributed by atoms with Gasteiger partial charge in [-0.3, -0.25) is 4.79 Å². The summed E-state index contributed by atoms with van der Waals surface area (Å²) in [6.45, 7) is 6.70. The molecule has 1 saturated heterocycles. The van der Waals surface area contributed by atoms with Gasteiger partial charge in [0.15, 0.2) is 0 Å². The van der Waals surface area contributed by atoms with Gasteiger partial charge < -0.3 is 4.74 Å². The van der Waals surface area contributed by atoms with Crippen molar-refractivity contribution in [2.75, 3.05) is 0 Å². The van der Waals surface area contributed by atoms with Gasteiger partial charge in [0.25, 0.3) is 0 Å². The first-order chi connectivity index (χ1) is 11.7. The fraction of sp³-hybridized carbons (Fsp3) is 0.955. The maximum atomic E-state index is 11.8. The third-order valence-corrected chi connectivity index (χ3v) is 5.72. The van der Waals surface area contributed by atoms with Crippen LogP contribution in [-0.2, 0) is 9.53 Å². The van der Waals surface area contributed by atoms with Crippen LogP contribution in [0.2, 0.25) is 0 Å². The van der Waals surface area contributed by atoms with Gasteiger partial charge in [-0.15, -0.1) is 0 Å². The number of hydrogen-bond acceptors (Lipinski definition) is 2. The Morgan fingerprint density at radius 2 is 1.33 bits per heavy atom. The predicted octanol–water partition coefficient (Wildman–Crippen LogP) is 7.06. The van der Waals surface area contributed by atoms with Gasteiger partial charge >= 0.3 is 5.97 Å². The molecule has 1 heterocycles. The third kappa shape index (κ3) is 8.03. The van der Waals surface area contributed by atoms with Crippen LogP contribution in [0.4, 0.5) is 0 Å². The molecule has 1 rings (SSSR count). The van der Waals surface area contributed by atoms with Crippen molar-refractivity contribution in [3.8, 4) is 0 Å². The van der Waals surface area contributed by atoms with E-state index in [1.807, 2.05) is 0 Å². The molecule has 0 aromatic carbocycles. The zero-order valence-corrected chi connectivity index (χ0v) is 16.7. The molecule has 1 aliphatic heterocycles. The van der Waals surface area contributed by atoms with Gasteiger partial charge in [-0.1, -0.05) is 97.8 Å². The zero-order valence-electron chi connectivity index (χ0n) is 16.7. The first kappa shape index (κ1) is 21.5. The van der Waals surface area contributed by atoms with Crippen molar-refractivity contribution in [3.63, 3.8) is 0 Å². The average Bonchev–Trinajstić information content (AvgIpc) is 2.58. The second kappa shape index (κ2) is 13.7. The number of carbonyl (C=O) groups excluding carboxylic acids is 1. The van der Waals surface area contributed by atoms with Crippen LogP contribution in [-0.4, -0.2) is 12.1 Å². The Morgan fingerprint density at radius 3 is 1.79 bits per heavy atom. The molecule has 24 heavy (non-hydrogen) atoms. The lowest BCUT2D eigenvalue weighted by atomic mass is 9.78. The molecule has 2 heteroatoms. The van der Waals surface area contributed by atoms with E-state index in [1.165, 1.54) is 83.5 Å². The standard InChI is InChI=1S/C22H42O2/c1-4-7-8-9-10-11-12-13-14-15-16-18-20-21(22(23)24-20)19(6-3)17-5-2/h19-21H,4-18H2,1-3H3/t19?,20-,21+/m1/s1. The first-order valence-electron chi connectivity index (χ1n) is 10.9. The minimum atomic E-state index is 0.0726. The van der Waals surface area contributed by atoms with Crippen LogP contribution in [0.3, 0.4) is 0 Å². The number of rotatable bonds is 16. The Bertz CT molecular complexity index is 313. The van der Waals surface area contributed by atoms with Crippen molar-refractivity contribution in [1.29, 1.82) is 0 Å². The molecule has 3 atom stereocenters. The first-order valence-corrected chi connectivity index (χ1v) is 10.9. The average molecular weight is 339 g/mol. The predicted molar refractivity (Wildman–Crippen MR) is 103 cm³/mol. The highest BCUT2D eigenvalue weighted by Crippen LogP contribution is 2.36. The summed E-state index contributed by atoms with van der Waals surface area (Å²) in [4.78, 5) is 11.8. The van der Waals surface area contributed by atoms with Crippen molar-refractivity contribution in [2.45, 2.75) is 123 Å². The molecule has 142 valence electrons. The molecular weight excluding hydrogens is 296 g/mol. The lowest BCUT2D eigenvalue weighted by Gasteiger charge is -2.40. The summed E-state index contributed by atoms with van der Waals surface area (Å²) in [6, 6.07) is 0. The van der Waals surface area contributed by atoms with Crippen LogP contribution in [0.1, 0.15) is 117 Å². The molecular formula is C22H42O2. The quantitative estimate of drug-likeness (QED) is 0.222. The second-order valence-corrected chi connectivity index (χ2v) is 7.78. The molecule has 0 bridgehead atoms. The fourth-order valence-corrected chi connectivity index (χ4v) is 4.13. The van der Waals surface area contributed by atoms with Crippen LogP contribution < -0.4 is 0 Å². The van der Waals surface area contributed by atoms with E-state index in [1.54, 1.807) is 0 Å². The SMILES string of the molecule is CCCCCCCCCCCCC[C@H]1OC(=O)[C@H]1C(CC)CCC. The topological polar surface area (TPSA) is 26.3 Å². The molecule has 0 amide bonds. The number of carbonyl (C=O) groups is 1. The third-order valence-electron chi connectivity index (χ3n) is 5.72. The highest BCUT2D eigenvalue weighted by molar-refractivity contribution is 5.78. The van der Waals surface area contributed by atoms with E-state index < -0.39 is 0 Å². The molecule has 1 fully saturated rings. The largest absolute Gasteiger partial charge is 0.461 e. The lowest BCUT2D eigenvalue weighted by Crippen LogP contribution is -2.49. The summed E-state index contributed by atoms with van der Waals surface area (Å²) in [7, 11) is 0. The van der Waals surface area contributed by atoms with Gasteiger partial charge in [0, 0.05) is 0 Å². The summed E-state index contributed by atoms with van der Waals surface area (Å²) in [5, 5.41) is 0. The van der Waals surface area contributed by atoms with Gasteiger partial charge in [-0.2, -0.15) is 0 Å². The van der Waals surface area contributed by atoms with Crippen LogP contribution in [0.5, 0.6) is 0 Å². The summed E-state index contributed by atoms with van der Waals surface area (Å²) in [5.74, 6) is 0.829. The van der Waals surface area contributed by atoms with Crippen LogP contribution in [0, 0.1) is 11.8 Å². The molecule has 0 radical (unpaired) electrons. The van der Waals surface area contributed by atoms with Gasteiger partial charge in [-0.05, 0) is 25.2 Å². The molecule has 2 nitrogen and oxygen atoms in total. The molecule has 1 aliphatic rings.